The number of nitrogens with zero attached hydrogens (tertiary/aromatic N) is 1. The molecule has 0 aromatic heterocycles. The van der Waals surface area contributed by atoms with E-state index in [4.69, 9.17) is 4.74 Å². The fourth-order valence-electron chi connectivity index (χ4n) is 5.50. The summed E-state index contributed by atoms with van der Waals surface area (Å²) in [7, 11) is 2.35. The Balaban J connectivity index is 2.95. The van der Waals surface area contributed by atoms with Crippen LogP contribution in [0.1, 0.15) is 105 Å². The number of aliphatic hydroxyl groups is 2. The van der Waals surface area contributed by atoms with Crippen molar-refractivity contribution in [1.82, 2.24) is 15.5 Å². The third-order valence-electron chi connectivity index (χ3n) is 8.49. The van der Waals surface area contributed by atoms with Gasteiger partial charge in [-0.1, -0.05) is 104 Å². The second-order valence-electron chi connectivity index (χ2n) is 13.0. The molecule has 12 heteroatoms. The highest BCUT2D eigenvalue weighted by molar-refractivity contribution is 5.94. The number of aliphatic hydroxyl groups excluding tert-OH is 2. The summed E-state index contributed by atoms with van der Waals surface area (Å²) in [5.74, 6) is -4.68. The molecule has 4 N–H and O–H groups in total. The molecule has 0 radical (unpaired) electrons. The zero-order valence-corrected chi connectivity index (χ0v) is 28.8. The fraction of sp³-hybridized carbons (Fsp3) is 0.794. The standard InChI is InChI=1S/C34H59N3O9/c1-23(2)17-15-13-11-9-7-8-10-12-14-16-18-24(3)31-25(4)32(42)35-26(22-38)19-20-28(40)37(5)21-27(39)36-29(33(43)46-31)30(41)34(44)45-6/h19-20,23-26,29-31,38,41H,7-18,21-22H2,1-6H3,(H,35,42)(H,36,39)/b20-19+/t24-,25+,26-,29+,30+,31+/m1/s1. The van der Waals surface area contributed by atoms with Gasteiger partial charge in [-0.15, -0.1) is 0 Å². The quantitative estimate of drug-likeness (QED) is 0.136. The van der Waals surface area contributed by atoms with Crippen molar-refractivity contribution in [3.63, 3.8) is 0 Å². The summed E-state index contributed by atoms with van der Waals surface area (Å²) < 4.78 is 10.4. The van der Waals surface area contributed by atoms with Crippen LogP contribution in [0.3, 0.4) is 0 Å². The van der Waals surface area contributed by atoms with Gasteiger partial charge in [0.25, 0.3) is 0 Å². The number of carbonyl (C=O) groups is 5. The van der Waals surface area contributed by atoms with Gasteiger partial charge in [-0.3, -0.25) is 14.4 Å². The number of carbonyl (C=O) groups excluding carboxylic acids is 5. The minimum Gasteiger partial charge on any atom is -0.467 e. The summed E-state index contributed by atoms with van der Waals surface area (Å²) >= 11 is 0. The number of hydrogen-bond acceptors (Lipinski definition) is 9. The molecular weight excluding hydrogens is 594 g/mol. The topological polar surface area (TPSA) is 172 Å². The van der Waals surface area contributed by atoms with Gasteiger partial charge in [0.1, 0.15) is 6.10 Å². The maximum atomic E-state index is 13.4. The van der Waals surface area contributed by atoms with Crippen LogP contribution in [-0.4, -0.2) is 96.4 Å². The Morgan fingerprint density at radius 2 is 1.50 bits per heavy atom. The first-order chi connectivity index (χ1) is 21.8. The monoisotopic (exact) mass is 653 g/mol. The maximum Gasteiger partial charge on any atom is 0.337 e. The zero-order valence-electron chi connectivity index (χ0n) is 28.8. The van der Waals surface area contributed by atoms with E-state index in [1.165, 1.54) is 58.1 Å². The molecule has 0 saturated carbocycles. The van der Waals surface area contributed by atoms with Gasteiger partial charge in [0.05, 0.1) is 32.2 Å². The third-order valence-corrected chi connectivity index (χ3v) is 8.49. The number of likely N-dealkylation sites (N-methyl/N-ethyl adjacent to an activating group) is 1. The lowest BCUT2D eigenvalue weighted by Crippen LogP contribution is -2.56. The first-order valence-electron chi connectivity index (χ1n) is 16.9. The zero-order chi connectivity index (χ0) is 34.6. The van der Waals surface area contributed by atoms with Crippen LogP contribution in [0.15, 0.2) is 12.2 Å². The van der Waals surface area contributed by atoms with E-state index in [-0.39, 0.29) is 5.92 Å². The van der Waals surface area contributed by atoms with Crippen LogP contribution in [0, 0.1) is 17.8 Å². The van der Waals surface area contributed by atoms with Gasteiger partial charge in [0.15, 0.2) is 12.1 Å². The molecule has 0 fully saturated rings. The molecule has 1 heterocycles. The van der Waals surface area contributed by atoms with E-state index >= 15 is 0 Å². The van der Waals surface area contributed by atoms with E-state index in [1.807, 2.05) is 6.92 Å². The molecule has 264 valence electrons. The number of hydrogen-bond donors (Lipinski definition) is 4. The van der Waals surface area contributed by atoms with E-state index in [0.29, 0.717) is 6.42 Å². The van der Waals surface area contributed by atoms with Crippen molar-refractivity contribution in [3.8, 4) is 0 Å². The van der Waals surface area contributed by atoms with Crippen LogP contribution in [0.25, 0.3) is 0 Å². The highest BCUT2D eigenvalue weighted by atomic mass is 16.6. The van der Waals surface area contributed by atoms with Crippen molar-refractivity contribution >= 4 is 29.7 Å². The summed E-state index contributed by atoms with van der Waals surface area (Å²) in [5, 5.41) is 25.3. The predicted octanol–water partition coefficient (Wildman–Crippen LogP) is 3.03. The largest absolute Gasteiger partial charge is 0.467 e. The summed E-state index contributed by atoms with van der Waals surface area (Å²) in [5.41, 5.74) is 0. The van der Waals surface area contributed by atoms with E-state index in [9.17, 15) is 34.2 Å². The summed E-state index contributed by atoms with van der Waals surface area (Å²) in [6.45, 7) is 6.96. The Labute approximate surface area is 275 Å². The number of methoxy groups -OCH3 is 1. The molecule has 0 aromatic carbocycles. The Bertz CT molecular complexity index is 987. The molecule has 3 amide bonds. The van der Waals surface area contributed by atoms with Crippen LogP contribution in [0.4, 0.5) is 0 Å². The molecular formula is C34H59N3O9. The Morgan fingerprint density at radius 3 is 2.02 bits per heavy atom. The molecule has 46 heavy (non-hydrogen) atoms. The Hall–Kier alpha value is -2.99. The Morgan fingerprint density at radius 1 is 0.957 bits per heavy atom. The van der Waals surface area contributed by atoms with Crippen LogP contribution in [0.5, 0.6) is 0 Å². The number of amides is 3. The lowest BCUT2D eigenvalue weighted by atomic mass is 9.88. The van der Waals surface area contributed by atoms with E-state index < -0.39 is 73.0 Å². The van der Waals surface area contributed by atoms with Gasteiger partial charge in [-0.05, 0) is 18.3 Å². The number of ether oxygens (including phenoxy) is 2. The summed E-state index contributed by atoms with van der Waals surface area (Å²) in [6, 6.07) is -2.73. The summed E-state index contributed by atoms with van der Waals surface area (Å²) in [4.78, 5) is 65.1. The lowest BCUT2D eigenvalue weighted by Gasteiger charge is -2.31. The van der Waals surface area contributed by atoms with Gasteiger partial charge in [0.2, 0.25) is 17.7 Å². The SMILES string of the molecule is COC(=O)[C@@H](O)[C@@H]1NC(=O)CN(C)C(=O)/C=C/[C@H](CO)NC(=O)[C@@H](C)[C@H]([C@H](C)CCCCCCCCCCCCC(C)C)OC1=O. The van der Waals surface area contributed by atoms with Gasteiger partial charge in [-0.25, -0.2) is 9.59 Å². The first-order valence-corrected chi connectivity index (χ1v) is 16.9. The van der Waals surface area contributed by atoms with Crippen molar-refractivity contribution < 1.29 is 43.7 Å². The van der Waals surface area contributed by atoms with E-state index in [2.05, 4.69) is 29.2 Å². The lowest BCUT2D eigenvalue weighted by molar-refractivity contribution is -0.169. The molecule has 0 aromatic rings. The van der Waals surface area contributed by atoms with Crippen molar-refractivity contribution in [2.24, 2.45) is 17.8 Å². The highest BCUT2D eigenvalue weighted by Crippen LogP contribution is 2.25. The molecule has 0 unspecified atom stereocenters. The van der Waals surface area contributed by atoms with Gasteiger partial charge < -0.3 is 35.2 Å². The maximum absolute atomic E-state index is 13.4. The van der Waals surface area contributed by atoms with Crippen LogP contribution in [0.2, 0.25) is 0 Å². The average molecular weight is 654 g/mol. The van der Waals surface area contributed by atoms with E-state index in [0.717, 1.165) is 49.7 Å². The van der Waals surface area contributed by atoms with Gasteiger partial charge >= 0.3 is 11.9 Å². The van der Waals surface area contributed by atoms with Crippen molar-refractivity contribution in [3.05, 3.63) is 12.2 Å². The fourth-order valence-corrected chi connectivity index (χ4v) is 5.50. The van der Waals surface area contributed by atoms with Crippen LogP contribution >= 0.6 is 0 Å². The molecule has 0 bridgehead atoms. The minimum absolute atomic E-state index is 0.298. The van der Waals surface area contributed by atoms with Gasteiger partial charge in [0, 0.05) is 13.1 Å². The molecule has 12 nitrogen and oxygen atoms in total. The first kappa shape index (κ1) is 41.0. The van der Waals surface area contributed by atoms with Gasteiger partial charge in [-0.2, -0.15) is 0 Å². The molecule has 1 aliphatic heterocycles. The number of unbranched alkanes of at least 4 members (excludes halogenated alkanes) is 9. The van der Waals surface area contributed by atoms with Crippen molar-refractivity contribution in [2.45, 2.75) is 129 Å². The molecule has 6 atom stereocenters. The molecule has 1 rings (SSSR count). The smallest absolute Gasteiger partial charge is 0.337 e. The van der Waals surface area contributed by atoms with Crippen molar-refractivity contribution in [2.75, 3.05) is 27.3 Å². The molecule has 0 saturated heterocycles. The number of nitrogens with one attached hydrogen (secondary N) is 2. The summed E-state index contributed by atoms with van der Waals surface area (Å²) in [6.07, 6.45) is 13.0. The molecule has 1 aliphatic rings. The number of cyclic esters (lactones) is 1. The number of esters is 2. The molecule has 0 aliphatic carbocycles. The van der Waals surface area contributed by atoms with Crippen LogP contribution < -0.4 is 10.6 Å². The predicted molar refractivity (Wildman–Crippen MR) is 174 cm³/mol. The average Bonchev–Trinajstić information content (AvgIpc) is 3.02. The Kier molecular flexibility index (Phi) is 20.1. The highest BCUT2D eigenvalue weighted by Gasteiger charge is 2.40. The number of rotatable bonds is 17. The second kappa shape index (κ2) is 22.5. The van der Waals surface area contributed by atoms with E-state index in [1.54, 1.807) is 6.92 Å². The molecule has 0 spiro atoms. The normalized spacial score (nSPS) is 23.9. The van der Waals surface area contributed by atoms with Crippen molar-refractivity contribution in [1.29, 1.82) is 0 Å². The minimum atomic E-state index is -2.09. The third kappa shape index (κ3) is 15.5. The van der Waals surface area contributed by atoms with Crippen LogP contribution in [-0.2, 0) is 33.4 Å². The second-order valence-corrected chi connectivity index (χ2v) is 13.0.